The summed E-state index contributed by atoms with van der Waals surface area (Å²) in [6.07, 6.45) is 0.996. The normalized spacial score (nSPS) is 19.4. The monoisotopic (exact) mass is 481 g/mol. The Balaban J connectivity index is 0.00000181. The van der Waals surface area contributed by atoms with E-state index in [-0.39, 0.29) is 42.9 Å². The van der Waals surface area contributed by atoms with E-state index in [1.54, 1.807) is 0 Å². The van der Waals surface area contributed by atoms with Gasteiger partial charge in [-0.15, -0.1) is 24.8 Å². The first-order chi connectivity index (χ1) is 14.5. The first-order valence-corrected chi connectivity index (χ1v) is 10.7. The zero-order valence-electron chi connectivity index (χ0n) is 18.7. The third-order valence-electron chi connectivity index (χ3n) is 6.19. The number of carbonyl (C=O) groups excluding carboxylic acids is 1. The van der Waals surface area contributed by atoms with Crippen molar-refractivity contribution in [2.75, 3.05) is 39.3 Å². The molecule has 2 aliphatic rings. The summed E-state index contributed by atoms with van der Waals surface area (Å²) in [5.74, 6) is 1.38. The fraction of sp³-hybridized carbons (Fsp3) is 0.458. The van der Waals surface area contributed by atoms with Crippen molar-refractivity contribution in [3.05, 3.63) is 59.2 Å². The second-order valence-corrected chi connectivity index (χ2v) is 8.27. The molecule has 1 fully saturated rings. The van der Waals surface area contributed by atoms with Crippen LogP contribution in [0.1, 0.15) is 29.2 Å². The molecule has 2 unspecified atom stereocenters. The van der Waals surface area contributed by atoms with Crippen LogP contribution in [-0.4, -0.2) is 61.1 Å². The number of amides is 1. The molecular weight excluding hydrogens is 449 g/mol. The number of aryl methyl sites for hydroxylation is 2. The molecule has 2 N–H and O–H groups in total. The highest BCUT2D eigenvalue weighted by Gasteiger charge is 2.31. The van der Waals surface area contributed by atoms with E-state index >= 15 is 0 Å². The molecular formula is C24H33Cl2N3O3. The third-order valence-corrected chi connectivity index (χ3v) is 6.19. The van der Waals surface area contributed by atoms with Gasteiger partial charge < -0.3 is 20.1 Å². The summed E-state index contributed by atoms with van der Waals surface area (Å²) in [5, 5.41) is 0. The molecule has 0 aliphatic carbocycles. The predicted molar refractivity (Wildman–Crippen MR) is 131 cm³/mol. The van der Waals surface area contributed by atoms with Crippen LogP contribution in [0.15, 0.2) is 42.5 Å². The number of halogens is 2. The van der Waals surface area contributed by atoms with Crippen LogP contribution in [0, 0.1) is 13.8 Å². The highest BCUT2D eigenvalue weighted by atomic mass is 35.5. The minimum Gasteiger partial charge on any atom is -0.486 e. The Hall–Kier alpha value is -1.99. The second kappa shape index (κ2) is 11.8. The quantitative estimate of drug-likeness (QED) is 0.683. The van der Waals surface area contributed by atoms with Crippen LogP contribution in [0.25, 0.3) is 0 Å². The zero-order chi connectivity index (χ0) is 21.1. The maximum absolute atomic E-state index is 12.4. The number of hydrogen-bond acceptors (Lipinski definition) is 5. The summed E-state index contributed by atoms with van der Waals surface area (Å²) < 4.78 is 11.9. The van der Waals surface area contributed by atoms with Gasteiger partial charge in [0.05, 0.1) is 0 Å². The van der Waals surface area contributed by atoms with Crippen LogP contribution in [0.3, 0.4) is 0 Å². The van der Waals surface area contributed by atoms with Crippen molar-refractivity contribution in [3.8, 4) is 11.5 Å². The van der Waals surface area contributed by atoms with Gasteiger partial charge in [-0.2, -0.15) is 0 Å². The largest absolute Gasteiger partial charge is 0.486 e. The van der Waals surface area contributed by atoms with Gasteiger partial charge in [0.15, 0.2) is 11.5 Å². The maximum Gasteiger partial charge on any atom is 0.239 e. The first kappa shape index (κ1) is 26.3. The minimum atomic E-state index is -0.361. The molecule has 0 bridgehead atoms. The van der Waals surface area contributed by atoms with Gasteiger partial charge in [-0.1, -0.05) is 30.3 Å². The Morgan fingerprint density at radius 1 is 1.00 bits per heavy atom. The summed E-state index contributed by atoms with van der Waals surface area (Å²) in [5.41, 5.74) is 9.15. The van der Waals surface area contributed by atoms with Crippen LogP contribution >= 0.6 is 24.8 Å². The molecule has 176 valence electrons. The minimum absolute atomic E-state index is 0. The lowest BCUT2D eigenvalue weighted by molar-refractivity contribution is -0.124. The van der Waals surface area contributed by atoms with E-state index in [0.29, 0.717) is 6.61 Å². The Kier molecular flexibility index (Phi) is 9.64. The van der Waals surface area contributed by atoms with Crippen molar-refractivity contribution in [2.24, 2.45) is 5.73 Å². The van der Waals surface area contributed by atoms with Crippen LogP contribution < -0.4 is 15.2 Å². The fourth-order valence-corrected chi connectivity index (χ4v) is 4.54. The van der Waals surface area contributed by atoms with E-state index in [9.17, 15) is 4.79 Å². The molecule has 8 heteroatoms. The number of carbonyl (C=O) groups is 1. The van der Waals surface area contributed by atoms with Crippen LogP contribution in [0.4, 0.5) is 0 Å². The number of para-hydroxylation sites is 2. The number of rotatable bonds is 6. The fourth-order valence-electron chi connectivity index (χ4n) is 4.54. The Labute approximate surface area is 202 Å². The lowest BCUT2D eigenvalue weighted by Gasteiger charge is -2.39. The van der Waals surface area contributed by atoms with Gasteiger partial charge in [-0.05, 0) is 42.7 Å². The highest BCUT2D eigenvalue weighted by molar-refractivity contribution is 5.85. The zero-order valence-corrected chi connectivity index (χ0v) is 20.3. The number of benzene rings is 2. The molecule has 2 heterocycles. The number of nitrogens with zero attached hydrogens (tertiary/aromatic N) is 2. The van der Waals surface area contributed by atoms with E-state index in [4.69, 9.17) is 15.2 Å². The third kappa shape index (κ3) is 5.87. The summed E-state index contributed by atoms with van der Waals surface area (Å²) in [6.45, 7) is 9.13. The molecule has 6 nitrogen and oxygen atoms in total. The topological polar surface area (TPSA) is 68.0 Å². The molecule has 4 rings (SSSR count). The Bertz CT molecular complexity index is 884. The average Bonchev–Trinajstić information content (AvgIpc) is 2.75. The number of primary amides is 1. The van der Waals surface area contributed by atoms with E-state index in [1.807, 2.05) is 30.3 Å². The standard InChI is InChI=1S/C24H31N3O3.2ClH/c1-17-6-5-7-18(2)22(17)23(24(25)28)27-14-12-26(13-15-27)11-10-19-16-29-20-8-3-4-9-21(20)30-19;;/h3-9,19,23H,10-16H2,1-2H3,(H2,25,28);2*1H. The van der Waals surface area contributed by atoms with Crippen molar-refractivity contribution in [1.82, 2.24) is 9.80 Å². The molecule has 0 radical (unpaired) electrons. The van der Waals surface area contributed by atoms with Crippen LogP contribution in [-0.2, 0) is 4.79 Å². The van der Waals surface area contributed by atoms with Crippen molar-refractivity contribution in [3.63, 3.8) is 0 Å². The van der Waals surface area contributed by atoms with Gasteiger partial charge in [-0.3, -0.25) is 9.69 Å². The first-order valence-electron chi connectivity index (χ1n) is 10.7. The van der Waals surface area contributed by atoms with Crippen molar-refractivity contribution >= 4 is 30.7 Å². The maximum atomic E-state index is 12.4. The lowest BCUT2D eigenvalue weighted by atomic mass is 9.94. The Morgan fingerprint density at radius 3 is 2.25 bits per heavy atom. The summed E-state index contributed by atoms with van der Waals surface area (Å²) in [7, 11) is 0. The molecule has 1 amide bonds. The second-order valence-electron chi connectivity index (χ2n) is 8.27. The van der Waals surface area contributed by atoms with E-state index in [1.165, 1.54) is 0 Å². The molecule has 0 saturated carbocycles. The van der Waals surface area contributed by atoms with Crippen LogP contribution in [0.5, 0.6) is 11.5 Å². The summed E-state index contributed by atoms with van der Waals surface area (Å²) in [6, 6.07) is 13.6. The van der Waals surface area contributed by atoms with Crippen molar-refractivity contribution < 1.29 is 14.3 Å². The molecule has 2 aromatic rings. The molecule has 0 spiro atoms. The van der Waals surface area contributed by atoms with Crippen molar-refractivity contribution in [2.45, 2.75) is 32.4 Å². The molecule has 32 heavy (non-hydrogen) atoms. The molecule has 2 atom stereocenters. The van der Waals surface area contributed by atoms with E-state index in [0.717, 1.165) is 67.3 Å². The highest BCUT2D eigenvalue weighted by Crippen LogP contribution is 2.32. The predicted octanol–water partition coefficient (Wildman–Crippen LogP) is 3.52. The van der Waals surface area contributed by atoms with E-state index in [2.05, 4.69) is 35.8 Å². The van der Waals surface area contributed by atoms with Gasteiger partial charge >= 0.3 is 0 Å². The number of fused-ring (bicyclic) bond motifs is 1. The smallest absolute Gasteiger partial charge is 0.239 e. The summed E-state index contributed by atoms with van der Waals surface area (Å²) in [4.78, 5) is 17.0. The number of nitrogens with two attached hydrogens (primary N) is 1. The molecule has 1 saturated heterocycles. The van der Waals surface area contributed by atoms with Crippen LogP contribution in [0.2, 0.25) is 0 Å². The summed E-state index contributed by atoms with van der Waals surface area (Å²) >= 11 is 0. The van der Waals surface area contributed by atoms with Gasteiger partial charge in [0.2, 0.25) is 5.91 Å². The average molecular weight is 482 g/mol. The SMILES string of the molecule is Cc1cccc(C)c1C(C(N)=O)N1CCN(CCC2COc3ccccc3O2)CC1.Cl.Cl. The number of ether oxygens (including phenoxy) is 2. The molecule has 0 aromatic heterocycles. The Morgan fingerprint density at radius 2 is 1.62 bits per heavy atom. The van der Waals surface area contributed by atoms with Crippen molar-refractivity contribution in [1.29, 1.82) is 0 Å². The lowest BCUT2D eigenvalue weighted by Crippen LogP contribution is -2.51. The van der Waals surface area contributed by atoms with Gasteiger partial charge in [0.1, 0.15) is 18.8 Å². The van der Waals surface area contributed by atoms with Gasteiger partial charge in [0.25, 0.3) is 0 Å². The number of piperazine rings is 1. The molecule has 2 aliphatic heterocycles. The van der Waals surface area contributed by atoms with Gasteiger partial charge in [-0.25, -0.2) is 0 Å². The van der Waals surface area contributed by atoms with E-state index < -0.39 is 0 Å². The molecule has 2 aromatic carbocycles. The van der Waals surface area contributed by atoms with Gasteiger partial charge in [0, 0.05) is 39.1 Å². The number of hydrogen-bond donors (Lipinski definition) is 1.